The first-order valence-electron chi connectivity index (χ1n) is 4.80. The standard InChI is InChI=1S/C10H14O.C2H6/c1-6-5-10(11)9(4)8(3)7(6)2;1-2/h5,11H,1-4H3;1-2H3. The molecule has 74 valence electrons. The number of aryl methyl sites for hydroxylation is 1. The van der Waals surface area contributed by atoms with E-state index in [1.807, 2.05) is 40.7 Å². The van der Waals surface area contributed by atoms with Crippen LogP contribution >= 0.6 is 0 Å². The Labute approximate surface area is 81.4 Å². The Bertz CT molecular complexity index is 261. The molecule has 0 amide bonds. The van der Waals surface area contributed by atoms with E-state index in [9.17, 15) is 5.11 Å². The zero-order chi connectivity index (χ0) is 10.6. The first-order valence-corrected chi connectivity index (χ1v) is 4.80. The van der Waals surface area contributed by atoms with Crippen molar-refractivity contribution >= 4 is 0 Å². The van der Waals surface area contributed by atoms with Crippen molar-refractivity contribution in [3.63, 3.8) is 0 Å². The van der Waals surface area contributed by atoms with E-state index in [1.54, 1.807) is 0 Å². The predicted octanol–water partition coefficient (Wildman–Crippen LogP) is 3.65. The molecule has 1 aromatic rings. The highest BCUT2D eigenvalue weighted by Crippen LogP contribution is 2.25. The number of phenolic OH excluding ortho intramolecular Hbond substituents is 1. The maximum atomic E-state index is 9.41. The fourth-order valence-corrected chi connectivity index (χ4v) is 1.19. The number of benzene rings is 1. The molecule has 1 aromatic carbocycles. The SMILES string of the molecule is CC.Cc1cc(O)c(C)c(C)c1C. The molecule has 0 aliphatic rings. The van der Waals surface area contributed by atoms with Crippen LogP contribution < -0.4 is 0 Å². The van der Waals surface area contributed by atoms with Crippen molar-refractivity contribution in [3.05, 3.63) is 28.3 Å². The van der Waals surface area contributed by atoms with Crippen molar-refractivity contribution in [1.29, 1.82) is 0 Å². The molecule has 0 spiro atoms. The minimum Gasteiger partial charge on any atom is -0.508 e. The van der Waals surface area contributed by atoms with Gasteiger partial charge in [0, 0.05) is 0 Å². The van der Waals surface area contributed by atoms with Crippen molar-refractivity contribution in [3.8, 4) is 5.75 Å². The molecule has 1 rings (SSSR count). The summed E-state index contributed by atoms with van der Waals surface area (Å²) in [6.07, 6.45) is 0. The Morgan fingerprint density at radius 3 is 1.77 bits per heavy atom. The number of hydrogen-bond donors (Lipinski definition) is 1. The molecule has 0 heterocycles. The van der Waals surface area contributed by atoms with E-state index >= 15 is 0 Å². The third-order valence-corrected chi connectivity index (χ3v) is 2.45. The summed E-state index contributed by atoms with van der Waals surface area (Å²) in [6.45, 7) is 12.1. The lowest BCUT2D eigenvalue weighted by atomic mass is 9.99. The van der Waals surface area contributed by atoms with Gasteiger partial charge in [-0.15, -0.1) is 0 Å². The van der Waals surface area contributed by atoms with Gasteiger partial charge in [-0.1, -0.05) is 13.8 Å². The summed E-state index contributed by atoms with van der Waals surface area (Å²) in [5.74, 6) is 0.408. The monoisotopic (exact) mass is 180 g/mol. The van der Waals surface area contributed by atoms with Crippen LogP contribution in [0.2, 0.25) is 0 Å². The van der Waals surface area contributed by atoms with Crippen LogP contribution in [0.25, 0.3) is 0 Å². The topological polar surface area (TPSA) is 20.2 Å². The van der Waals surface area contributed by atoms with E-state index in [0.717, 1.165) is 11.1 Å². The second-order valence-electron chi connectivity index (χ2n) is 3.09. The third kappa shape index (κ3) is 2.48. The van der Waals surface area contributed by atoms with Gasteiger partial charge in [-0.05, 0) is 56.0 Å². The summed E-state index contributed by atoms with van der Waals surface area (Å²) < 4.78 is 0. The minimum atomic E-state index is 0.408. The zero-order valence-corrected chi connectivity index (χ0v) is 9.52. The van der Waals surface area contributed by atoms with Gasteiger partial charge < -0.3 is 5.11 Å². The van der Waals surface area contributed by atoms with E-state index in [-0.39, 0.29) is 0 Å². The highest BCUT2D eigenvalue weighted by atomic mass is 16.3. The van der Waals surface area contributed by atoms with Gasteiger partial charge in [0.15, 0.2) is 0 Å². The molecule has 0 saturated heterocycles. The molecule has 0 aromatic heterocycles. The summed E-state index contributed by atoms with van der Waals surface area (Å²) in [6, 6.07) is 1.82. The first kappa shape index (κ1) is 12.0. The number of aromatic hydroxyl groups is 1. The minimum absolute atomic E-state index is 0.408. The van der Waals surface area contributed by atoms with Gasteiger partial charge in [0.2, 0.25) is 0 Å². The molecule has 0 aliphatic heterocycles. The van der Waals surface area contributed by atoms with Crippen LogP contribution in [0.15, 0.2) is 6.07 Å². The second kappa shape index (κ2) is 4.90. The Balaban J connectivity index is 0.000000671. The van der Waals surface area contributed by atoms with Crippen LogP contribution in [0.5, 0.6) is 5.75 Å². The van der Waals surface area contributed by atoms with Crippen LogP contribution in [0.1, 0.15) is 36.1 Å². The number of rotatable bonds is 0. The van der Waals surface area contributed by atoms with Crippen molar-refractivity contribution in [1.82, 2.24) is 0 Å². The summed E-state index contributed by atoms with van der Waals surface area (Å²) in [5.41, 5.74) is 4.63. The van der Waals surface area contributed by atoms with E-state index in [4.69, 9.17) is 0 Å². The second-order valence-corrected chi connectivity index (χ2v) is 3.09. The van der Waals surface area contributed by atoms with Gasteiger partial charge in [0.05, 0.1) is 0 Å². The first-order chi connectivity index (χ1) is 6.04. The molecule has 0 aliphatic carbocycles. The molecule has 0 saturated carbocycles. The summed E-state index contributed by atoms with van der Waals surface area (Å²) in [4.78, 5) is 0. The molecule has 0 fully saturated rings. The highest BCUT2D eigenvalue weighted by molar-refractivity contribution is 5.46. The smallest absolute Gasteiger partial charge is 0.119 e. The molecular weight excluding hydrogens is 160 g/mol. The highest BCUT2D eigenvalue weighted by Gasteiger charge is 2.04. The fourth-order valence-electron chi connectivity index (χ4n) is 1.19. The van der Waals surface area contributed by atoms with Crippen LogP contribution in [0, 0.1) is 27.7 Å². The van der Waals surface area contributed by atoms with Crippen LogP contribution in [0.4, 0.5) is 0 Å². The number of hydrogen-bond acceptors (Lipinski definition) is 1. The molecule has 0 unspecified atom stereocenters. The van der Waals surface area contributed by atoms with Gasteiger partial charge in [-0.2, -0.15) is 0 Å². The zero-order valence-electron chi connectivity index (χ0n) is 9.52. The molecule has 0 radical (unpaired) electrons. The van der Waals surface area contributed by atoms with Crippen molar-refractivity contribution in [2.45, 2.75) is 41.5 Å². The van der Waals surface area contributed by atoms with E-state index in [2.05, 4.69) is 6.92 Å². The van der Waals surface area contributed by atoms with E-state index < -0.39 is 0 Å². The van der Waals surface area contributed by atoms with Crippen LogP contribution in [-0.4, -0.2) is 5.11 Å². The molecule has 1 N–H and O–H groups in total. The average Bonchev–Trinajstić information content (AvgIpc) is 2.15. The molecule has 0 bridgehead atoms. The normalized spacial score (nSPS) is 9.08. The van der Waals surface area contributed by atoms with Crippen LogP contribution in [0.3, 0.4) is 0 Å². The van der Waals surface area contributed by atoms with Gasteiger partial charge in [-0.25, -0.2) is 0 Å². The van der Waals surface area contributed by atoms with E-state index in [0.29, 0.717) is 5.75 Å². The Kier molecular flexibility index (Phi) is 4.53. The molecule has 13 heavy (non-hydrogen) atoms. The lowest BCUT2D eigenvalue weighted by Gasteiger charge is -2.09. The molecular formula is C12H20O. The van der Waals surface area contributed by atoms with Crippen molar-refractivity contribution < 1.29 is 5.11 Å². The Morgan fingerprint density at radius 1 is 0.846 bits per heavy atom. The van der Waals surface area contributed by atoms with Gasteiger partial charge >= 0.3 is 0 Å². The lowest BCUT2D eigenvalue weighted by Crippen LogP contribution is -1.90. The maximum absolute atomic E-state index is 9.41. The lowest BCUT2D eigenvalue weighted by molar-refractivity contribution is 0.470. The van der Waals surface area contributed by atoms with Crippen molar-refractivity contribution in [2.75, 3.05) is 0 Å². The van der Waals surface area contributed by atoms with Gasteiger partial charge in [0.1, 0.15) is 5.75 Å². The van der Waals surface area contributed by atoms with Crippen LogP contribution in [-0.2, 0) is 0 Å². The summed E-state index contributed by atoms with van der Waals surface area (Å²) >= 11 is 0. The fraction of sp³-hybridized carbons (Fsp3) is 0.500. The molecule has 1 heteroatoms. The third-order valence-electron chi connectivity index (χ3n) is 2.45. The quantitative estimate of drug-likeness (QED) is 0.646. The van der Waals surface area contributed by atoms with Crippen molar-refractivity contribution in [2.24, 2.45) is 0 Å². The van der Waals surface area contributed by atoms with Gasteiger partial charge in [0.25, 0.3) is 0 Å². The predicted molar refractivity (Wildman–Crippen MR) is 58.4 cm³/mol. The molecule has 1 nitrogen and oxygen atoms in total. The van der Waals surface area contributed by atoms with E-state index in [1.165, 1.54) is 11.1 Å². The Morgan fingerprint density at radius 2 is 1.31 bits per heavy atom. The maximum Gasteiger partial charge on any atom is 0.119 e. The summed E-state index contributed by atoms with van der Waals surface area (Å²) in [5, 5.41) is 9.41. The molecule has 0 atom stereocenters. The van der Waals surface area contributed by atoms with Gasteiger partial charge in [-0.3, -0.25) is 0 Å². The largest absolute Gasteiger partial charge is 0.508 e. The number of phenols is 1. The average molecular weight is 180 g/mol. The summed E-state index contributed by atoms with van der Waals surface area (Å²) in [7, 11) is 0. The Hall–Kier alpha value is -0.980.